The standard InChI is InChI=1S/C19H27N5O/c1-3-24(4-2)16-9-7-15(8-10-16)22-19-20-12-11-18(23-19)21-14-17-6-5-13-25-17/h7-12,17H,3-6,13-14H2,1-2H3,(H2,20,21,22,23). The van der Waals surface area contributed by atoms with Gasteiger partial charge in [-0.05, 0) is 57.0 Å². The van der Waals surface area contributed by atoms with Crippen molar-refractivity contribution in [3.05, 3.63) is 36.5 Å². The van der Waals surface area contributed by atoms with Crippen LogP contribution in [0.5, 0.6) is 0 Å². The van der Waals surface area contributed by atoms with Gasteiger partial charge in [-0.25, -0.2) is 4.98 Å². The lowest BCUT2D eigenvalue weighted by molar-refractivity contribution is 0.120. The van der Waals surface area contributed by atoms with Crippen molar-refractivity contribution in [1.82, 2.24) is 9.97 Å². The molecule has 2 N–H and O–H groups in total. The third-order valence-electron chi connectivity index (χ3n) is 4.44. The molecule has 2 heterocycles. The number of hydrogen-bond acceptors (Lipinski definition) is 6. The number of hydrogen-bond donors (Lipinski definition) is 2. The van der Waals surface area contributed by atoms with E-state index in [-0.39, 0.29) is 0 Å². The number of anilines is 4. The molecule has 1 aromatic heterocycles. The third kappa shape index (κ3) is 4.82. The first-order chi connectivity index (χ1) is 12.3. The molecule has 1 aromatic carbocycles. The first-order valence-corrected chi connectivity index (χ1v) is 9.09. The molecule has 0 aliphatic carbocycles. The van der Waals surface area contributed by atoms with Crippen LogP contribution in [0.4, 0.5) is 23.1 Å². The van der Waals surface area contributed by atoms with Gasteiger partial charge in [0, 0.05) is 43.8 Å². The molecular weight excluding hydrogens is 314 g/mol. The topological polar surface area (TPSA) is 62.3 Å². The molecule has 0 amide bonds. The molecule has 0 spiro atoms. The first kappa shape index (κ1) is 17.5. The molecular formula is C19H27N5O. The summed E-state index contributed by atoms with van der Waals surface area (Å²) in [7, 11) is 0. The van der Waals surface area contributed by atoms with E-state index in [0.29, 0.717) is 12.1 Å². The maximum Gasteiger partial charge on any atom is 0.229 e. The summed E-state index contributed by atoms with van der Waals surface area (Å²) in [5, 5.41) is 6.59. The summed E-state index contributed by atoms with van der Waals surface area (Å²) < 4.78 is 5.62. The Morgan fingerprint density at radius 1 is 1.16 bits per heavy atom. The summed E-state index contributed by atoms with van der Waals surface area (Å²) in [6.07, 6.45) is 4.31. The van der Waals surface area contributed by atoms with Gasteiger partial charge >= 0.3 is 0 Å². The number of rotatable bonds is 8. The molecule has 2 aromatic rings. The van der Waals surface area contributed by atoms with Gasteiger partial charge in [0.1, 0.15) is 5.82 Å². The molecule has 6 nitrogen and oxygen atoms in total. The van der Waals surface area contributed by atoms with Gasteiger partial charge < -0.3 is 20.3 Å². The fourth-order valence-corrected chi connectivity index (χ4v) is 3.01. The molecule has 0 saturated carbocycles. The Kier molecular flexibility index (Phi) is 6.06. The van der Waals surface area contributed by atoms with Crippen LogP contribution in [0.2, 0.25) is 0 Å². The quantitative estimate of drug-likeness (QED) is 0.764. The van der Waals surface area contributed by atoms with Crippen LogP contribution in [0, 0.1) is 0 Å². The fourth-order valence-electron chi connectivity index (χ4n) is 3.01. The monoisotopic (exact) mass is 341 g/mol. The third-order valence-corrected chi connectivity index (χ3v) is 4.44. The van der Waals surface area contributed by atoms with Gasteiger partial charge in [-0.3, -0.25) is 0 Å². The molecule has 25 heavy (non-hydrogen) atoms. The zero-order chi connectivity index (χ0) is 17.5. The summed E-state index contributed by atoms with van der Waals surface area (Å²) in [6, 6.07) is 10.2. The Balaban J connectivity index is 1.59. The molecule has 6 heteroatoms. The zero-order valence-electron chi connectivity index (χ0n) is 15.0. The molecule has 1 fully saturated rings. The molecule has 1 atom stereocenters. The van der Waals surface area contributed by atoms with E-state index in [4.69, 9.17) is 4.74 Å². The minimum absolute atomic E-state index is 0.291. The Labute approximate surface area is 149 Å². The highest BCUT2D eigenvalue weighted by Crippen LogP contribution is 2.20. The van der Waals surface area contributed by atoms with E-state index in [9.17, 15) is 0 Å². The second kappa shape index (κ2) is 8.67. The van der Waals surface area contributed by atoms with Crippen molar-refractivity contribution in [3.63, 3.8) is 0 Å². The zero-order valence-corrected chi connectivity index (χ0v) is 15.0. The predicted molar refractivity (Wildman–Crippen MR) is 103 cm³/mol. The van der Waals surface area contributed by atoms with E-state index >= 15 is 0 Å². The van der Waals surface area contributed by atoms with Crippen LogP contribution in [0.15, 0.2) is 36.5 Å². The fraction of sp³-hybridized carbons (Fsp3) is 0.474. The van der Waals surface area contributed by atoms with E-state index in [0.717, 1.165) is 50.6 Å². The lowest BCUT2D eigenvalue weighted by Crippen LogP contribution is -2.21. The van der Waals surface area contributed by atoms with Crippen molar-refractivity contribution in [2.24, 2.45) is 0 Å². The highest BCUT2D eigenvalue weighted by Gasteiger charge is 2.15. The number of ether oxygens (including phenoxy) is 1. The highest BCUT2D eigenvalue weighted by molar-refractivity contribution is 5.59. The lowest BCUT2D eigenvalue weighted by atomic mass is 10.2. The molecule has 1 aliphatic heterocycles. The van der Waals surface area contributed by atoms with Gasteiger partial charge in [0.2, 0.25) is 5.95 Å². The van der Waals surface area contributed by atoms with Crippen molar-refractivity contribution in [2.75, 3.05) is 41.8 Å². The van der Waals surface area contributed by atoms with Crippen LogP contribution >= 0.6 is 0 Å². The van der Waals surface area contributed by atoms with Gasteiger partial charge in [0.05, 0.1) is 6.10 Å². The summed E-state index contributed by atoms with van der Waals surface area (Å²) in [4.78, 5) is 11.1. The van der Waals surface area contributed by atoms with E-state index in [1.165, 1.54) is 5.69 Å². The van der Waals surface area contributed by atoms with Crippen LogP contribution in [0.25, 0.3) is 0 Å². The predicted octanol–water partition coefficient (Wildman–Crippen LogP) is 3.66. The van der Waals surface area contributed by atoms with Crippen molar-refractivity contribution in [3.8, 4) is 0 Å². The van der Waals surface area contributed by atoms with Gasteiger partial charge in [-0.2, -0.15) is 4.98 Å². The minimum atomic E-state index is 0.291. The largest absolute Gasteiger partial charge is 0.376 e. The second-order valence-corrected chi connectivity index (χ2v) is 6.13. The maximum atomic E-state index is 5.62. The Hall–Kier alpha value is -2.34. The number of aromatic nitrogens is 2. The van der Waals surface area contributed by atoms with Crippen LogP contribution in [0.3, 0.4) is 0 Å². The SMILES string of the molecule is CCN(CC)c1ccc(Nc2nccc(NCC3CCCO3)n2)cc1. The van der Waals surface area contributed by atoms with E-state index < -0.39 is 0 Å². The second-order valence-electron chi connectivity index (χ2n) is 6.13. The van der Waals surface area contributed by atoms with E-state index in [1.807, 2.05) is 6.07 Å². The number of nitrogens with one attached hydrogen (secondary N) is 2. The normalized spacial score (nSPS) is 16.6. The molecule has 0 radical (unpaired) electrons. The minimum Gasteiger partial charge on any atom is -0.376 e. The molecule has 1 unspecified atom stereocenters. The highest BCUT2D eigenvalue weighted by atomic mass is 16.5. The van der Waals surface area contributed by atoms with Crippen LogP contribution in [-0.4, -0.2) is 42.3 Å². The van der Waals surface area contributed by atoms with Gasteiger partial charge in [-0.1, -0.05) is 0 Å². The van der Waals surface area contributed by atoms with Gasteiger partial charge in [0.25, 0.3) is 0 Å². The average molecular weight is 341 g/mol. The summed E-state index contributed by atoms with van der Waals surface area (Å²) in [5.41, 5.74) is 2.20. The van der Waals surface area contributed by atoms with E-state index in [2.05, 4.69) is 63.6 Å². The maximum absolute atomic E-state index is 5.62. The molecule has 1 saturated heterocycles. The summed E-state index contributed by atoms with van der Waals surface area (Å²) >= 11 is 0. The van der Waals surface area contributed by atoms with Gasteiger partial charge in [-0.15, -0.1) is 0 Å². The smallest absolute Gasteiger partial charge is 0.229 e. The van der Waals surface area contributed by atoms with Crippen LogP contribution < -0.4 is 15.5 Å². The Bertz CT molecular complexity index is 651. The van der Waals surface area contributed by atoms with Crippen molar-refractivity contribution >= 4 is 23.1 Å². The Morgan fingerprint density at radius 2 is 1.96 bits per heavy atom. The first-order valence-electron chi connectivity index (χ1n) is 9.09. The van der Waals surface area contributed by atoms with Crippen LogP contribution in [0.1, 0.15) is 26.7 Å². The molecule has 1 aliphatic rings. The molecule has 3 rings (SSSR count). The van der Waals surface area contributed by atoms with Crippen molar-refractivity contribution in [2.45, 2.75) is 32.8 Å². The number of benzene rings is 1. The summed E-state index contributed by atoms with van der Waals surface area (Å²) in [6.45, 7) is 7.99. The molecule has 0 bridgehead atoms. The summed E-state index contributed by atoms with van der Waals surface area (Å²) in [5.74, 6) is 1.40. The number of nitrogens with zero attached hydrogens (tertiary/aromatic N) is 3. The van der Waals surface area contributed by atoms with Crippen molar-refractivity contribution < 1.29 is 4.74 Å². The van der Waals surface area contributed by atoms with Crippen LogP contribution in [-0.2, 0) is 4.74 Å². The average Bonchev–Trinajstić information content (AvgIpc) is 3.16. The van der Waals surface area contributed by atoms with E-state index in [1.54, 1.807) is 6.20 Å². The lowest BCUT2D eigenvalue weighted by Gasteiger charge is -2.21. The molecule has 134 valence electrons. The van der Waals surface area contributed by atoms with Gasteiger partial charge in [0.15, 0.2) is 0 Å². The van der Waals surface area contributed by atoms with Crippen molar-refractivity contribution in [1.29, 1.82) is 0 Å². The Morgan fingerprint density at radius 3 is 2.64 bits per heavy atom.